The molecule has 0 aromatic rings. The Labute approximate surface area is 81.4 Å². The summed E-state index contributed by atoms with van der Waals surface area (Å²) in [6.07, 6.45) is 0. The Bertz CT molecular complexity index is 265. The van der Waals surface area contributed by atoms with E-state index in [0.717, 1.165) is 0 Å². The molecular formula is C9H13NO4. The molecule has 78 valence electrons. The van der Waals surface area contributed by atoms with Gasteiger partial charge in [0.1, 0.15) is 6.04 Å². The van der Waals surface area contributed by atoms with Crippen LogP contribution < -0.4 is 5.32 Å². The summed E-state index contributed by atoms with van der Waals surface area (Å²) in [6.45, 7) is 5.75. The summed E-state index contributed by atoms with van der Waals surface area (Å²) < 4.78 is 0. The zero-order chi connectivity index (χ0) is 10.9. The molecule has 0 bridgehead atoms. The summed E-state index contributed by atoms with van der Waals surface area (Å²) in [6, 6.07) is -1.01. The molecule has 0 saturated carbocycles. The Hall–Kier alpha value is -1.36. The molecule has 0 aromatic heterocycles. The van der Waals surface area contributed by atoms with E-state index >= 15 is 0 Å². The molecule has 1 aliphatic heterocycles. The molecule has 0 spiro atoms. The van der Waals surface area contributed by atoms with E-state index in [-0.39, 0.29) is 5.92 Å². The molecule has 5 nitrogen and oxygen atoms in total. The van der Waals surface area contributed by atoms with Gasteiger partial charge in [0.25, 0.3) is 0 Å². The molecule has 0 aliphatic carbocycles. The molecule has 0 radical (unpaired) electrons. The minimum atomic E-state index is -1.12. The van der Waals surface area contributed by atoms with Crippen LogP contribution in [0, 0.1) is 11.8 Å². The monoisotopic (exact) mass is 199 g/mol. The topological polar surface area (TPSA) is 86.6 Å². The normalized spacial score (nSPS) is 31.4. The summed E-state index contributed by atoms with van der Waals surface area (Å²) in [7, 11) is 0. The maximum atomic E-state index is 10.9. The van der Waals surface area contributed by atoms with Crippen LogP contribution in [-0.2, 0) is 9.59 Å². The molecule has 1 rings (SSSR count). The van der Waals surface area contributed by atoms with Gasteiger partial charge in [-0.2, -0.15) is 0 Å². The van der Waals surface area contributed by atoms with Gasteiger partial charge in [-0.05, 0) is 6.92 Å². The molecule has 1 saturated heterocycles. The Kier molecular flexibility index (Phi) is 2.90. The first-order valence-electron chi connectivity index (χ1n) is 4.29. The van der Waals surface area contributed by atoms with Gasteiger partial charge in [0.05, 0.1) is 5.92 Å². The highest BCUT2D eigenvalue weighted by Crippen LogP contribution is 2.28. The van der Waals surface area contributed by atoms with Crippen LogP contribution in [0.3, 0.4) is 0 Å². The Morgan fingerprint density at radius 1 is 1.36 bits per heavy atom. The van der Waals surface area contributed by atoms with Crippen molar-refractivity contribution in [1.82, 2.24) is 5.32 Å². The molecule has 1 aliphatic rings. The van der Waals surface area contributed by atoms with Crippen molar-refractivity contribution in [3.05, 3.63) is 12.2 Å². The minimum absolute atomic E-state index is 0.298. The number of carboxylic acids is 2. The maximum Gasteiger partial charge on any atom is 0.321 e. The zero-order valence-corrected chi connectivity index (χ0v) is 7.86. The maximum absolute atomic E-state index is 10.9. The van der Waals surface area contributed by atoms with E-state index in [0.29, 0.717) is 12.1 Å². The minimum Gasteiger partial charge on any atom is -0.481 e. The van der Waals surface area contributed by atoms with E-state index in [1.54, 1.807) is 6.92 Å². The second-order valence-corrected chi connectivity index (χ2v) is 3.54. The number of hydrogen-bond donors (Lipinski definition) is 3. The highest BCUT2D eigenvalue weighted by Gasteiger charge is 2.44. The second kappa shape index (κ2) is 3.79. The largest absolute Gasteiger partial charge is 0.481 e. The highest BCUT2D eigenvalue weighted by atomic mass is 16.4. The van der Waals surface area contributed by atoms with Crippen LogP contribution in [-0.4, -0.2) is 34.7 Å². The van der Waals surface area contributed by atoms with Gasteiger partial charge in [0.2, 0.25) is 0 Å². The van der Waals surface area contributed by atoms with Gasteiger partial charge in [-0.25, -0.2) is 0 Å². The third-order valence-electron chi connectivity index (χ3n) is 2.53. The molecule has 1 fully saturated rings. The first-order valence-corrected chi connectivity index (χ1v) is 4.29. The molecular weight excluding hydrogens is 186 g/mol. The lowest BCUT2D eigenvalue weighted by molar-refractivity contribution is -0.150. The van der Waals surface area contributed by atoms with Crippen molar-refractivity contribution in [1.29, 1.82) is 0 Å². The highest BCUT2D eigenvalue weighted by molar-refractivity contribution is 5.84. The fraction of sp³-hybridized carbons (Fsp3) is 0.556. The van der Waals surface area contributed by atoms with Crippen molar-refractivity contribution >= 4 is 11.9 Å². The second-order valence-electron chi connectivity index (χ2n) is 3.54. The predicted molar refractivity (Wildman–Crippen MR) is 48.9 cm³/mol. The summed E-state index contributed by atoms with van der Waals surface area (Å²) in [5.74, 6) is -3.42. The summed E-state index contributed by atoms with van der Waals surface area (Å²) in [4.78, 5) is 21.6. The predicted octanol–water partition coefficient (Wildman–Crippen LogP) is -0.0641. The SMILES string of the molecule is C=C(C)C1CNC(C(=O)O)C1C(=O)O. The van der Waals surface area contributed by atoms with Crippen LogP contribution in [0.25, 0.3) is 0 Å². The first kappa shape index (κ1) is 10.7. The Morgan fingerprint density at radius 3 is 2.29 bits per heavy atom. The summed E-state index contributed by atoms with van der Waals surface area (Å²) in [5.41, 5.74) is 0.702. The van der Waals surface area contributed by atoms with Crippen molar-refractivity contribution in [3.63, 3.8) is 0 Å². The molecule has 14 heavy (non-hydrogen) atoms. The molecule has 5 heteroatoms. The fourth-order valence-electron chi connectivity index (χ4n) is 1.78. The molecule has 0 aromatic carbocycles. The molecule has 3 N–H and O–H groups in total. The molecule has 0 amide bonds. The van der Waals surface area contributed by atoms with Crippen molar-refractivity contribution in [3.8, 4) is 0 Å². The van der Waals surface area contributed by atoms with Crippen LogP contribution in [0.5, 0.6) is 0 Å². The third kappa shape index (κ3) is 1.77. The molecule has 3 unspecified atom stereocenters. The fourth-order valence-corrected chi connectivity index (χ4v) is 1.78. The van der Waals surface area contributed by atoms with Crippen LogP contribution in [0.15, 0.2) is 12.2 Å². The van der Waals surface area contributed by atoms with E-state index in [9.17, 15) is 9.59 Å². The smallest absolute Gasteiger partial charge is 0.321 e. The van der Waals surface area contributed by atoms with Gasteiger partial charge in [-0.15, -0.1) is 0 Å². The molecule has 3 atom stereocenters. The standard InChI is InChI=1S/C9H13NO4/c1-4(2)5-3-10-7(9(13)14)6(5)8(11)12/h5-7,10H,1,3H2,2H3,(H,11,12)(H,13,14). The average Bonchev–Trinajstić information content (AvgIpc) is 2.46. The Balaban J connectivity index is 2.90. The number of carboxylic acid groups (broad SMARTS) is 2. The van der Waals surface area contributed by atoms with Crippen molar-refractivity contribution in [2.75, 3.05) is 6.54 Å². The van der Waals surface area contributed by atoms with Gasteiger partial charge in [-0.3, -0.25) is 9.59 Å². The quantitative estimate of drug-likeness (QED) is 0.554. The van der Waals surface area contributed by atoms with Crippen molar-refractivity contribution in [2.24, 2.45) is 11.8 Å². The van der Waals surface area contributed by atoms with Crippen LogP contribution in [0.2, 0.25) is 0 Å². The van der Waals surface area contributed by atoms with Crippen LogP contribution >= 0.6 is 0 Å². The van der Waals surface area contributed by atoms with E-state index < -0.39 is 23.9 Å². The number of carbonyl (C=O) groups is 2. The summed E-state index contributed by atoms with van der Waals surface area (Å²) >= 11 is 0. The van der Waals surface area contributed by atoms with Gasteiger partial charge in [0, 0.05) is 12.5 Å². The number of rotatable bonds is 3. The lowest BCUT2D eigenvalue weighted by Gasteiger charge is -2.17. The van der Waals surface area contributed by atoms with Crippen LogP contribution in [0.4, 0.5) is 0 Å². The molecule has 1 heterocycles. The van der Waals surface area contributed by atoms with E-state index in [2.05, 4.69) is 11.9 Å². The van der Waals surface area contributed by atoms with Crippen molar-refractivity contribution < 1.29 is 19.8 Å². The third-order valence-corrected chi connectivity index (χ3v) is 2.53. The van der Waals surface area contributed by atoms with Crippen LogP contribution in [0.1, 0.15) is 6.92 Å². The lowest BCUT2D eigenvalue weighted by Crippen LogP contribution is -2.39. The number of hydrogen-bond acceptors (Lipinski definition) is 3. The number of nitrogens with one attached hydrogen (secondary N) is 1. The van der Waals surface area contributed by atoms with Gasteiger partial charge in [-0.1, -0.05) is 12.2 Å². The number of aliphatic carboxylic acids is 2. The van der Waals surface area contributed by atoms with E-state index in [1.807, 2.05) is 0 Å². The van der Waals surface area contributed by atoms with E-state index in [4.69, 9.17) is 10.2 Å². The van der Waals surface area contributed by atoms with Gasteiger partial charge in [0.15, 0.2) is 0 Å². The Morgan fingerprint density at radius 2 is 1.93 bits per heavy atom. The van der Waals surface area contributed by atoms with Crippen molar-refractivity contribution in [2.45, 2.75) is 13.0 Å². The first-order chi connectivity index (χ1) is 6.45. The average molecular weight is 199 g/mol. The zero-order valence-electron chi connectivity index (χ0n) is 7.86. The van der Waals surface area contributed by atoms with Gasteiger partial charge < -0.3 is 15.5 Å². The lowest BCUT2D eigenvalue weighted by atomic mass is 9.86. The van der Waals surface area contributed by atoms with E-state index in [1.165, 1.54) is 0 Å². The summed E-state index contributed by atoms with van der Waals surface area (Å²) in [5, 5.41) is 20.4. The van der Waals surface area contributed by atoms with Gasteiger partial charge >= 0.3 is 11.9 Å².